The minimum absolute atomic E-state index is 0.0727. The number of H-pyrrole nitrogens is 2. The number of nitrogens with one attached hydrogen (secondary N) is 3. The van der Waals surface area contributed by atoms with Crippen molar-refractivity contribution in [1.29, 1.82) is 0 Å². The second-order valence-corrected chi connectivity index (χ2v) is 20.4. The van der Waals surface area contributed by atoms with E-state index < -0.39 is 10.0 Å². The van der Waals surface area contributed by atoms with Crippen LogP contribution in [0.2, 0.25) is 0 Å². The number of imidazole rings is 2. The van der Waals surface area contributed by atoms with Crippen molar-refractivity contribution in [2.24, 2.45) is 11.8 Å². The van der Waals surface area contributed by atoms with E-state index in [1.54, 1.807) is 28.1 Å². The summed E-state index contributed by atoms with van der Waals surface area (Å²) in [6.45, 7) is 14.6. The molecule has 4 saturated heterocycles. The Labute approximate surface area is 368 Å². The molecule has 2 aromatic carbocycles. The van der Waals surface area contributed by atoms with Gasteiger partial charge in [-0.25, -0.2) is 31.7 Å². The highest BCUT2D eigenvalue weighted by molar-refractivity contribution is 7.89. The molecule has 4 atom stereocenters. The van der Waals surface area contributed by atoms with Crippen LogP contribution in [0.15, 0.2) is 82.6 Å². The lowest BCUT2D eigenvalue weighted by atomic mass is 9.97. The first-order valence-corrected chi connectivity index (χ1v) is 24.3. The molecule has 0 radical (unpaired) electrons. The third-order valence-electron chi connectivity index (χ3n) is 13.8. The molecule has 334 valence electrons. The Morgan fingerprint density at radius 3 is 1.52 bits per heavy atom. The lowest BCUT2D eigenvalue weighted by molar-refractivity contribution is 0.311. The Balaban J connectivity index is 0.000000162. The largest absolute Gasteiger partial charge is 0.317 e. The molecule has 0 amide bonds. The fourth-order valence-corrected chi connectivity index (χ4v) is 11.3. The van der Waals surface area contributed by atoms with Crippen LogP contribution < -0.4 is 16.4 Å². The van der Waals surface area contributed by atoms with Crippen LogP contribution in [0.5, 0.6) is 0 Å². The SMILES string of the molecule is CC1CN(Cc2ccccc2)CC1c1nn2c(C3CCNCC3)ncc2c(=O)[nH]1.CCS(=O)(=O)N1CCC(c2ncc3c(=O)[nH]c(C4CN(Cc5ccccc5)CC4C)nn23)CC1. The first-order chi connectivity index (χ1) is 30.5. The summed E-state index contributed by atoms with van der Waals surface area (Å²) in [6, 6.07) is 21.0. The van der Waals surface area contributed by atoms with Gasteiger partial charge in [-0.1, -0.05) is 74.5 Å². The standard InChI is InChI=1S/C24H32N6O3S.C22H28N6O/c1-3-34(32,33)29-11-9-19(10-12-29)23-25-13-21-24(31)26-22(27-30(21)23)20-16-28(14-17(20)2)15-18-7-5-4-6-8-18;1-15-12-27(13-16-5-3-2-4-6-16)14-18(15)20-25-22(29)19-11-24-21(28(19)26-20)17-7-9-23-10-8-17/h4-8,13,17,19-20H,3,9-12,14-16H2,1-2H3,(H,26,27,31);2-6,11,15,17-18,23H,7-10,12-14H2,1H3,(H,25,26,29). The first kappa shape index (κ1) is 43.2. The van der Waals surface area contributed by atoms with E-state index in [1.165, 1.54) is 11.1 Å². The number of aromatic nitrogens is 8. The zero-order valence-corrected chi connectivity index (χ0v) is 37.4. The van der Waals surface area contributed by atoms with Crippen molar-refractivity contribution < 1.29 is 8.42 Å². The number of piperidine rings is 2. The summed E-state index contributed by atoms with van der Waals surface area (Å²) in [5.41, 5.74) is 3.32. The lowest BCUT2D eigenvalue weighted by Gasteiger charge is -2.30. The number of likely N-dealkylation sites (tertiary alicyclic amines) is 2. The number of hydrogen-bond donors (Lipinski definition) is 3. The Hall–Kier alpha value is -5.07. The molecule has 0 bridgehead atoms. The lowest BCUT2D eigenvalue weighted by Crippen LogP contribution is -2.39. The smallest absolute Gasteiger partial charge is 0.276 e. The molecule has 8 heterocycles. The molecule has 16 nitrogen and oxygen atoms in total. The van der Waals surface area contributed by atoms with Crippen molar-refractivity contribution >= 4 is 21.1 Å². The van der Waals surface area contributed by atoms with Gasteiger partial charge in [-0.3, -0.25) is 19.4 Å². The molecule has 4 fully saturated rings. The Morgan fingerprint density at radius 1 is 0.635 bits per heavy atom. The molecule has 3 N–H and O–H groups in total. The summed E-state index contributed by atoms with van der Waals surface area (Å²) < 4.78 is 29.5. The first-order valence-electron chi connectivity index (χ1n) is 22.7. The minimum Gasteiger partial charge on any atom is -0.317 e. The van der Waals surface area contributed by atoms with Crippen LogP contribution in [0, 0.1) is 11.8 Å². The fraction of sp³-hybridized carbons (Fsp3) is 0.522. The molecule has 0 aliphatic carbocycles. The molecule has 0 saturated carbocycles. The maximum absolute atomic E-state index is 12.9. The summed E-state index contributed by atoms with van der Waals surface area (Å²) >= 11 is 0. The van der Waals surface area contributed by atoms with Crippen LogP contribution in [0.4, 0.5) is 0 Å². The van der Waals surface area contributed by atoms with E-state index in [9.17, 15) is 18.0 Å². The van der Waals surface area contributed by atoms with Crippen LogP contribution in [-0.2, 0) is 23.1 Å². The van der Waals surface area contributed by atoms with Gasteiger partial charge in [0.2, 0.25) is 10.0 Å². The van der Waals surface area contributed by atoms with Gasteiger partial charge in [0.1, 0.15) is 23.3 Å². The van der Waals surface area contributed by atoms with Crippen LogP contribution >= 0.6 is 0 Å². The molecule has 4 unspecified atom stereocenters. The van der Waals surface area contributed by atoms with E-state index >= 15 is 0 Å². The second-order valence-electron chi connectivity index (χ2n) is 18.1. The number of benzene rings is 2. The maximum atomic E-state index is 12.9. The summed E-state index contributed by atoms with van der Waals surface area (Å²) in [5.74, 6) is 4.87. The van der Waals surface area contributed by atoms with Gasteiger partial charge in [0.05, 0.1) is 18.1 Å². The number of sulfonamides is 1. The van der Waals surface area contributed by atoms with Gasteiger partial charge in [-0.15, -0.1) is 0 Å². The Kier molecular flexibility index (Phi) is 12.7. The maximum Gasteiger partial charge on any atom is 0.276 e. The molecular formula is C46H60N12O4S. The van der Waals surface area contributed by atoms with E-state index in [0.29, 0.717) is 60.5 Å². The zero-order chi connectivity index (χ0) is 43.7. The quantitative estimate of drug-likeness (QED) is 0.179. The molecule has 4 aromatic heterocycles. The van der Waals surface area contributed by atoms with Gasteiger partial charge in [0.25, 0.3) is 11.1 Å². The molecule has 10 rings (SSSR count). The normalized spacial score (nSPS) is 23.4. The van der Waals surface area contributed by atoms with Crippen LogP contribution in [0.1, 0.15) is 105 Å². The summed E-state index contributed by atoms with van der Waals surface area (Å²) in [6.07, 6.45) is 6.67. The highest BCUT2D eigenvalue weighted by Crippen LogP contribution is 2.34. The third kappa shape index (κ3) is 9.30. The van der Waals surface area contributed by atoms with E-state index in [4.69, 9.17) is 10.2 Å². The van der Waals surface area contributed by atoms with Crippen molar-refractivity contribution in [3.63, 3.8) is 0 Å². The van der Waals surface area contributed by atoms with E-state index in [1.807, 2.05) is 16.6 Å². The summed E-state index contributed by atoms with van der Waals surface area (Å²) in [5, 5.41) is 13.2. The van der Waals surface area contributed by atoms with Gasteiger partial charge in [-0.05, 0) is 68.7 Å². The van der Waals surface area contributed by atoms with Crippen LogP contribution in [0.25, 0.3) is 11.0 Å². The molecule has 0 spiro atoms. The minimum atomic E-state index is -3.18. The Bertz CT molecular complexity index is 2720. The molecule has 63 heavy (non-hydrogen) atoms. The van der Waals surface area contributed by atoms with E-state index in [-0.39, 0.29) is 34.6 Å². The van der Waals surface area contributed by atoms with Crippen LogP contribution in [0.3, 0.4) is 0 Å². The number of hydrogen-bond acceptors (Lipinski definition) is 11. The van der Waals surface area contributed by atoms with Gasteiger partial charge < -0.3 is 15.3 Å². The molecular weight excluding hydrogens is 817 g/mol. The average molecular weight is 877 g/mol. The molecule has 4 aliphatic heterocycles. The topological polar surface area (TPSA) is 182 Å². The van der Waals surface area contributed by atoms with Crippen LogP contribution in [-0.4, -0.2) is 120 Å². The molecule has 6 aromatic rings. The van der Waals surface area contributed by atoms with Crippen molar-refractivity contribution in [2.75, 3.05) is 58.1 Å². The van der Waals surface area contributed by atoms with Gasteiger partial charge in [0, 0.05) is 76.0 Å². The van der Waals surface area contributed by atoms with Gasteiger partial charge in [-0.2, -0.15) is 10.2 Å². The molecule has 4 aliphatic rings. The highest BCUT2D eigenvalue weighted by Gasteiger charge is 2.36. The fourth-order valence-electron chi connectivity index (χ4n) is 10.2. The number of aromatic amines is 2. The predicted octanol–water partition coefficient (Wildman–Crippen LogP) is 4.30. The van der Waals surface area contributed by atoms with Crippen molar-refractivity contribution in [3.8, 4) is 0 Å². The Morgan fingerprint density at radius 2 is 1.08 bits per heavy atom. The molecule has 17 heteroatoms. The van der Waals surface area contributed by atoms with Crippen molar-refractivity contribution in [2.45, 2.75) is 83.2 Å². The third-order valence-corrected chi connectivity index (χ3v) is 15.6. The predicted molar refractivity (Wildman–Crippen MR) is 242 cm³/mol. The highest BCUT2D eigenvalue weighted by atomic mass is 32.2. The van der Waals surface area contributed by atoms with E-state index in [0.717, 1.165) is 82.7 Å². The van der Waals surface area contributed by atoms with Gasteiger partial charge >= 0.3 is 0 Å². The number of nitrogens with zero attached hydrogens (tertiary/aromatic N) is 9. The number of rotatable bonds is 10. The monoisotopic (exact) mass is 876 g/mol. The number of fused-ring (bicyclic) bond motifs is 2. The van der Waals surface area contributed by atoms with Crippen molar-refractivity contribution in [3.05, 3.63) is 128 Å². The second kappa shape index (κ2) is 18.6. The van der Waals surface area contributed by atoms with E-state index in [2.05, 4.69) is 97.4 Å². The van der Waals surface area contributed by atoms with Gasteiger partial charge in [0.15, 0.2) is 11.0 Å². The summed E-state index contributed by atoms with van der Waals surface area (Å²) in [4.78, 5) is 45.7. The summed E-state index contributed by atoms with van der Waals surface area (Å²) in [7, 11) is -3.18. The zero-order valence-electron chi connectivity index (χ0n) is 36.6. The van der Waals surface area contributed by atoms with Crippen molar-refractivity contribution in [1.82, 2.24) is 58.6 Å². The average Bonchev–Trinajstić information content (AvgIpc) is 4.10.